The average Bonchev–Trinajstić information content (AvgIpc) is 3.10. The van der Waals surface area contributed by atoms with E-state index >= 15 is 0 Å². The van der Waals surface area contributed by atoms with Gasteiger partial charge in [-0.2, -0.15) is 0 Å². The van der Waals surface area contributed by atoms with E-state index in [0.717, 1.165) is 12.8 Å². The highest BCUT2D eigenvalue weighted by Crippen LogP contribution is 2.43. The summed E-state index contributed by atoms with van der Waals surface area (Å²) in [6.07, 6.45) is 2.32. The maximum atomic E-state index is 14.1. The summed E-state index contributed by atoms with van der Waals surface area (Å²) < 4.78 is 24.3. The standard InChI is InChI=1S/C16H17FO4/c17-12-6-2-1-5-11(12)16(8-3-4-9-16)15(19)21-13-7-10-20-14(13)18/h1-2,5-6,13H,3-4,7-10H2. The summed E-state index contributed by atoms with van der Waals surface area (Å²) in [4.78, 5) is 24.1. The quantitative estimate of drug-likeness (QED) is 0.803. The number of hydrogen-bond donors (Lipinski definition) is 0. The Balaban J connectivity index is 1.89. The van der Waals surface area contributed by atoms with E-state index in [2.05, 4.69) is 0 Å². The lowest BCUT2D eigenvalue weighted by Gasteiger charge is -2.28. The number of hydrogen-bond acceptors (Lipinski definition) is 4. The predicted molar refractivity (Wildman–Crippen MR) is 72.0 cm³/mol. The molecular weight excluding hydrogens is 275 g/mol. The molecule has 1 atom stereocenters. The van der Waals surface area contributed by atoms with Gasteiger partial charge in [0.25, 0.3) is 0 Å². The van der Waals surface area contributed by atoms with Crippen LogP contribution in [0.15, 0.2) is 24.3 Å². The van der Waals surface area contributed by atoms with Gasteiger partial charge in [0.2, 0.25) is 6.10 Å². The monoisotopic (exact) mass is 292 g/mol. The lowest BCUT2D eigenvalue weighted by atomic mass is 9.78. The van der Waals surface area contributed by atoms with Crippen LogP contribution >= 0.6 is 0 Å². The zero-order chi connectivity index (χ0) is 14.9. The van der Waals surface area contributed by atoms with Crippen LogP contribution in [0.4, 0.5) is 4.39 Å². The first-order valence-electron chi connectivity index (χ1n) is 7.26. The fourth-order valence-corrected chi connectivity index (χ4v) is 3.24. The second-order valence-electron chi connectivity index (χ2n) is 5.62. The summed E-state index contributed by atoms with van der Waals surface area (Å²) in [5.41, 5.74) is -0.590. The van der Waals surface area contributed by atoms with Gasteiger partial charge in [0.1, 0.15) is 5.82 Å². The first-order valence-corrected chi connectivity index (χ1v) is 7.26. The van der Waals surface area contributed by atoms with Gasteiger partial charge in [-0.05, 0) is 18.9 Å². The molecule has 5 heteroatoms. The minimum Gasteiger partial charge on any atom is -0.463 e. The zero-order valence-corrected chi connectivity index (χ0v) is 11.6. The molecule has 4 nitrogen and oxygen atoms in total. The van der Waals surface area contributed by atoms with E-state index in [1.165, 1.54) is 6.07 Å². The molecule has 0 spiro atoms. The van der Waals surface area contributed by atoms with Crippen LogP contribution in [0.2, 0.25) is 0 Å². The van der Waals surface area contributed by atoms with Gasteiger partial charge in [-0.1, -0.05) is 31.0 Å². The van der Waals surface area contributed by atoms with E-state index in [0.29, 0.717) is 24.8 Å². The minimum absolute atomic E-state index is 0.267. The summed E-state index contributed by atoms with van der Waals surface area (Å²) >= 11 is 0. The molecule has 0 aromatic heterocycles. The molecule has 0 N–H and O–H groups in total. The summed E-state index contributed by atoms with van der Waals surface area (Å²) in [5, 5.41) is 0. The number of benzene rings is 1. The van der Waals surface area contributed by atoms with Crippen LogP contribution in [0.25, 0.3) is 0 Å². The summed E-state index contributed by atoms with van der Waals surface area (Å²) in [6.45, 7) is 0.267. The number of carbonyl (C=O) groups excluding carboxylic acids is 2. The van der Waals surface area contributed by atoms with Crippen molar-refractivity contribution in [3.05, 3.63) is 35.6 Å². The molecule has 1 unspecified atom stereocenters. The number of carbonyl (C=O) groups is 2. The third-order valence-corrected chi connectivity index (χ3v) is 4.37. The molecule has 21 heavy (non-hydrogen) atoms. The second-order valence-corrected chi connectivity index (χ2v) is 5.62. The Labute approximate surface area is 122 Å². The SMILES string of the molecule is O=C1OCCC1OC(=O)C1(c2ccccc2F)CCCC1. The van der Waals surface area contributed by atoms with Crippen LogP contribution < -0.4 is 0 Å². The van der Waals surface area contributed by atoms with Gasteiger partial charge in [0.05, 0.1) is 12.0 Å². The van der Waals surface area contributed by atoms with E-state index in [-0.39, 0.29) is 6.61 Å². The molecule has 1 aliphatic carbocycles. The highest BCUT2D eigenvalue weighted by atomic mass is 19.1. The summed E-state index contributed by atoms with van der Waals surface area (Å²) in [6, 6.07) is 6.30. The van der Waals surface area contributed by atoms with Gasteiger partial charge in [-0.25, -0.2) is 9.18 Å². The predicted octanol–water partition coefficient (Wildman–Crippen LogP) is 2.50. The highest BCUT2D eigenvalue weighted by molar-refractivity contribution is 5.87. The van der Waals surface area contributed by atoms with Gasteiger partial charge < -0.3 is 9.47 Å². The molecule has 1 saturated carbocycles. The molecule has 1 heterocycles. The van der Waals surface area contributed by atoms with Crippen LogP contribution in [0.1, 0.15) is 37.7 Å². The average molecular weight is 292 g/mol. The van der Waals surface area contributed by atoms with Crippen LogP contribution in [0.3, 0.4) is 0 Å². The van der Waals surface area contributed by atoms with E-state index in [4.69, 9.17) is 9.47 Å². The van der Waals surface area contributed by atoms with E-state index in [9.17, 15) is 14.0 Å². The van der Waals surface area contributed by atoms with Crippen LogP contribution in [-0.4, -0.2) is 24.6 Å². The largest absolute Gasteiger partial charge is 0.463 e. The Morgan fingerprint density at radius 2 is 2.00 bits per heavy atom. The van der Waals surface area contributed by atoms with Crippen LogP contribution in [-0.2, 0) is 24.5 Å². The van der Waals surface area contributed by atoms with Gasteiger partial charge in [0, 0.05) is 12.0 Å². The van der Waals surface area contributed by atoms with Crippen molar-refractivity contribution in [2.24, 2.45) is 0 Å². The van der Waals surface area contributed by atoms with E-state index < -0.39 is 29.3 Å². The molecule has 112 valence electrons. The van der Waals surface area contributed by atoms with Crippen molar-refractivity contribution in [2.75, 3.05) is 6.61 Å². The molecular formula is C16H17FO4. The molecule has 1 saturated heterocycles. The third kappa shape index (κ3) is 2.41. The fourth-order valence-electron chi connectivity index (χ4n) is 3.24. The number of esters is 2. The maximum Gasteiger partial charge on any atom is 0.347 e. The Kier molecular flexibility index (Phi) is 3.66. The van der Waals surface area contributed by atoms with Gasteiger partial charge in [-0.3, -0.25) is 4.79 Å². The van der Waals surface area contributed by atoms with Gasteiger partial charge in [0.15, 0.2) is 0 Å². The van der Waals surface area contributed by atoms with Crippen molar-refractivity contribution in [3.63, 3.8) is 0 Å². The van der Waals surface area contributed by atoms with Gasteiger partial charge in [-0.15, -0.1) is 0 Å². The van der Waals surface area contributed by atoms with E-state index in [1.54, 1.807) is 18.2 Å². The number of rotatable bonds is 3. The van der Waals surface area contributed by atoms with Crippen molar-refractivity contribution < 1.29 is 23.5 Å². The maximum absolute atomic E-state index is 14.1. The topological polar surface area (TPSA) is 52.6 Å². The van der Waals surface area contributed by atoms with Crippen molar-refractivity contribution in [3.8, 4) is 0 Å². The first kappa shape index (κ1) is 14.0. The van der Waals surface area contributed by atoms with E-state index in [1.807, 2.05) is 0 Å². The highest BCUT2D eigenvalue weighted by Gasteiger charge is 2.47. The Bertz CT molecular complexity index is 563. The molecule has 0 amide bonds. The molecule has 1 aromatic carbocycles. The minimum atomic E-state index is -0.964. The van der Waals surface area contributed by atoms with Crippen molar-refractivity contribution in [1.82, 2.24) is 0 Å². The second kappa shape index (κ2) is 5.47. The molecule has 2 fully saturated rings. The Hall–Kier alpha value is -1.91. The Morgan fingerprint density at radius 3 is 2.62 bits per heavy atom. The number of halogens is 1. The lowest BCUT2D eigenvalue weighted by molar-refractivity contribution is -0.164. The Morgan fingerprint density at radius 1 is 1.29 bits per heavy atom. The molecule has 2 aliphatic rings. The molecule has 0 bridgehead atoms. The molecule has 1 aromatic rings. The zero-order valence-electron chi connectivity index (χ0n) is 11.6. The first-order chi connectivity index (χ1) is 10.1. The third-order valence-electron chi connectivity index (χ3n) is 4.37. The van der Waals surface area contributed by atoms with Crippen molar-refractivity contribution in [1.29, 1.82) is 0 Å². The molecule has 0 radical (unpaired) electrons. The number of ether oxygens (including phenoxy) is 2. The summed E-state index contributed by atoms with van der Waals surface area (Å²) in [5.74, 6) is -1.41. The smallest absolute Gasteiger partial charge is 0.347 e. The fraction of sp³-hybridized carbons (Fsp3) is 0.500. The molecule has 1 aliphatic heterocycles. The number of cyclic esters (lactones) is 1. The molecule has 3 rings (SSSR count). The summed E-state index contributed by atoms with van der Waals surface area (Å²) in [7, 11) is 0. The van der Waals surface area contributed by atoms with Crippen molar-refractivity contribution >= 4 is 11.9 Å². The van der Waals surface area contributed by atoms with Crippen LogP contribution in [0.5, 0.6) is 0 Å². The lowest BCUT2D eigenvalue weighted by Crippen LogP contribution is -2.39. The van der Waals surface area contributed by atoms with Crippen LogP contribution in [0, 0.1) is 5.82 Å². The normalized spacial score (nSPS) is 23.9. The van der Waals surface area contributed by atoms with Gasteiger partial charge >= 0.3 is 11.9 Å². The van der Waals surface area contributed by atoms with Crippen molar-refractivity contribution in [2.45, 2.75) is 43.6 Å².